The molecule has 0 aliphatic rings. The lowest BCUT2D eigenvalue weighted by Crippen LogP contribution is -1.97. The van der Waals surface area contributed by atoms with Crippen molar-refractivity contribution in [3.8, 4) is 0 Å². The van der Waals surface area contributed by atoms with Crippen molar-refractivity contribution in [3.63, 3.8) is 0 Å². The van der Waals surface area contributed by atoms with Gasteiger partial charge in [0.15, 0.2) is 0 Å². The molecule has 1 N–H and O–H groups in total. The summed E-state index contributed by atoms with van der Waals surface area (Å²) in [4.78, 5) is 9.87. The molecule has 0 aliphatic heterocycles. The number of rotatable bonds is 2. The zero-order valence-corrected chi connectivity index (χ0v) is 5.44. The molecule has 2 nitrogen and oxygen atoms in total. The van der Waals surface area contributed by atoms with Gasteiger partial charge in [-0.05, 0) is 18.9 Å². The van der Waals surface area contributed by atoms with Gasteiger partial charge in [-0.3, -0.25) is 0 Å². The predicted octanol–water partition coefficient (Wildman–Crippen LogP) is 1.72. The van der Waals surface area contributed by atoms with Gasteiger partial charge in [-0.2, -0.15) is 4.39 Å². The number of carbonyl (C=O) groups is 1. The van der Waals surface area contributed by atoms with E-state index in [0.29, 0.717) is 6.42 Å². The van der Waals surface area contributed by atoms with Crippen LogP contribution in [0.15, 0.2) is 11.4 Å². The van der Waals surface area contributed by atoms with Crippen LogP contribution in [0.3, 0.4) is 0 Å². The van der Waals surface area contributed by atoms with Crippen LogP contribution in [0.25, 0.3) is 0 Å². The first-order valence-corrected chi connectivity index (χ1v) is 2.68. The van der Waals surface area contributed by atoms with E-state index < -0.39 is 11.8 Å². The fraction of sp³-hybridized carbons (Fsp3) is 0.500. The first kappa shape index (κ1) is 8.14. The van der Waals surface area contributed by atoms with Crippen LogP contribution in [0.2, 0.25) is 0 Å². The molecule has 0 saturated heterocycles. The Morgan fingerprint density at radius 3 is 2.22 bits per heavy atom. The quantitative estimate of drug-likeness (QED) is 0.581. The molecule has 0 bridgehead atoms. The molecule has 0 atom stereocenters. The van der Waals surface area contributed by atoms with Crippen LogP contribution in [0.1, 0.15) is 20.3 Å². The van der Waals surface area contributed by atoms with E-state index in [9.17, 15) is 9.18 Å². The Kier molecular flexibility index (Phi) is 2.91. The van der Waals surface area contributed by atoms with Gasteiger partial charge in [0.2, 0.25) is 5.83 Å². The van der Waals surface area contributed by atoms with Crippen molar-refractivity contribution in [2.45, 2.75) is 20.3 Å². The minimum Gasteiger partial charge on any atom is -0.476 e. The maximum Gasteiger partial charge on any atom is 0.364 e. The van der Waals surface area contributed by atoms with Gasteiger partial charge >= 0.3 is 5.97 Å². The summed E-state index contributed by atoms with van der Waals surface area (Å²) < 4.78 is 12.2. The molecular weight excluding hydrogens is 123 g/mol. The van der Waals surface area contributed by atoms with Crippen molar-refractivity contribution in [1.29, 1.82) is 0 Å². The molecule has 0 aromatic rings. The fourth-order valence-corrected chi connectivity index (χ4v) is 0.338. The molecule has 9 heavy (non-hydrogen) atoms. The maximum atomic E-state index is 12.2. The molecule has 0 aliphatic carbocycles. The normalized spacial score (nSPS) is 12.8. The average Bonchev–Trinajstić information content (AvgIpc) is 1.84. The van der Waals surface area contributed by atoms with Gasteiger partial charge in [0, 0.05) is 0 Å². The van der Waals surface area contributed by atoms with Gasteiger partial charge in [-0.25, -0.2) is 4.79 Å². The molecule has 0 amide bonds. The van der Waals surface area contributed by atoms with Crippen molar-refractivity contribution in [1.82, 2.24) is 0 Å². The molecule has 0 spiro atoms. The van der Waals surface area contributed by atoms with Crippen LogP contribution >= 0.6 is 0 Å². The number of halogens is 1. The summed E-state index contributed by atoms with van der Waals surface area (Å²) >= 11 is 0. The highest BCUT2D eigenvalue weighted by Gasteiger charge is 2.07. The number of hydrogen-bond acceptors (Lipinski definition) is 1. The smallest absolute Gasteiger partial charge is 0.364 e. The van der Waals surface area contributed by atoms with Crippen LogP contribution in [0.4, 0.5) is 4.39 Å². The number of aliphatic carboxylic acids is 1. The van der Waals surface area contributed by atoms with Gasteiger partial charge in [0.05, 0.1) is 0 Å². The average molecular weight is 132 g/mol. The highest BCUT2D eigenvalue weighted by molar-refractivity contribution is 5.84. The van der Waals surface area contributed by atoms with E-state index in [1.807, 2.05) is 0 Å². The van der Waals surface area contributed by atoms with Crippen molar-refractivity contribution >= 4 is 5.97 Å². The lowest BCUT2D eigenvalue weighted by atomic mass is 10.2. The van der Waals surface area contributed by atoms with Crippen LogP contribution in [-0.4, -0.2) is 11.1 Å². The van der Waals surface area contributed by atoms with E-state index in [2.05, 4.69) is 0 Å². The molecular formula is C6H9FO2. The third kappa shape index (κ3) is 2.26. The Morgan fingerprint density at radius 1 is 1.67 bits per heavy atom. The van der Waals surface area contributed by atoms with Gasteiger partial charge in [0.1, 0.15) is 0 Å². The first-order valence-electron chi connectivity index (χ1n) is 2.68. The summed E-state index contributed by atoms with van der Waals surface area (Å²) in [6.45, 7) is 3.17. The third-order valence-corrected chi connectivity index (χ3v) is 1.09. The maximum absolute atomic E-state index is 12.2. The Labute approximate surface area is 53.0 Å². The molecule has 0 radical (unpaired) electrons. The van der Waals surface area contributed by atoms with E-state index in [1.54, 1.807) is 6.92 Å². The Morgan fingerprint density at radius 2 is 2.11 bits per heavy atom. The fourth-order valence-electron chi connectivity index (χ4n) is 0.338. The van der Waals surface area contributed by atoms with Crippen LogP contribution in [-0.2, 0) is 4.79 Å². The van der Waals surface area contributed by atoms with Crippen LogP contribution < -0.4 is 0 Å². The molecule has 0 heterocycles. The molecule has 0 aromatic heterocycles. The second kappa shape index (κ2) is 3.22. The highest BCUT2D eigenvalue weighted by Crippen LogP contribution is 2.08. The molecule has 3 heteroatoms. The van der Waals surface area contributed by atoms with Crippen molar-refractivity contribution < 1.29 is 14.3 Å². The molecule has 0 rings (SSSR count). The second-order valence-corrected chi connectivity index (χ2v) is 1.75. The van der Waals surface area contributed by atoms with Crippen LogP contribution in [0, 0.1) is 0 Å². The Bertz CT molecular complexity index is 149. The minimum absolute atomic E-state index is 0.280. The summed E-state index contributed by atoms with van der Waals surface area (Å²) in [6.07, 6.45) is 0.443. The van der Waals surface area contributed by atoms with Crippen molar-refractivity contribution in [2.24, 2.45) is 0 Å². The lowest BCUT2D eigenvalue weighted by molar-refractivity contribution is -0.134. The SMILES string of the molecule is CCC(C)=C(F)C(=O)O. The van der Waals surface area contributed by atoms with E-state index in [0.717, 1.165) is 0 Å². The standard InChI is InChI=1S/C6H9FO2/c1-3-4(2)5(7)6(8)9/h3H2,1-2H3,(H,8,9). The summed E-state index contributed by atoms with van der Waals surface area (Å²) in [5.74, 6) is -2.51. The Hall–Kier alpha value is -0.860. The van der Waals surface area contributed by atoms with E-state index in [-0.39, 0.29) is 5.57 Å². The molecule has 0 aromatic carbocycles. The number of carboxylic acids is 1. The number of hydrogen-bond donors (Lipinski definition) is 1. The highest BCUT2D eigenvalue weighted by atomic mass is 19.1. The number of carboxylic acid groups (broad SMARTS) is 1. The monoisotopic (exact) mass is 132 g/mol. The van der Waals surface area contributed by atoms with Gasteiger partial charge in [-0.1, -0.05) is 6.92 Å². The third-order valence-electron chi connectivity index (χ3n) is 1.09. The molecule has 0 saturated carbocycles. The summed E-state index contributed by atoms with van der Waals surface area (Å²) in [5.41, 5.74) is 0.280. The zero-order chi connectivity index (χ0) is 7.44. The second-order valence-electron chi connectivity index (χ2n) is 1.75. The molecule has 0 unspecified atom stereocenters. The summed E-state index contributed by atoms with van der Waals surface area (Å²) in [6, 6.07) is 0. The van der Waals surface area contributed by atoms with Crippen molar-refractivity contribution in [3.05, 3.63) is 11.4 Å². The summed E-state index contributed by atoms with van der Waals surface area (Å²) in [7, 11) is 0. The molecule has 0 fully saturated rings. The van der Waals surface area contributed by atoms with E-state index in [4.69, 9.17) is 5.11 Å². The van der Waals surface area contributed by atoms with Gasteiger partial charge in [0.25, 0.3) is 0 Å². The zero-order valence-electron chi connectivity index (χ0n) is 5.44. The topological polar surface area (TPSA) is 37.3 Å². The summed E-state index contributed by atoms with van der Waals surface area (Å²) in [5, 5.41) is 8.05. The van der Waals surface area contributed by atoms with Gasteiger partial charge in [-0.15, -0.1) is 0 Å². The Balaban J connectivity index is 4.28. The predicted molar refractivity (Wildman–Crippen MR) is 31.7 cm³/mol. The first-order chi connectivity index (χ1) is 4.09. The van der Waals surface area contributed by atoms with Crippen molar-refractivity contribution in [2.75, 3.05) is 0 Å². The minimum atomic E-state index is -1.48. The largest absolute Gasteiger partial charge is 0.476 e. The lowest BCUT2D eigenvalue weighted by Gasteiger charge is -1.93. The number of allylic oxidation sites excluding steroid dienone is 1. The van der Waals surface area contributed by atoms with E-state index in [1.165, 1.54) is 6.92 Å². The van der Waals surface area contributed by atoms with Gasteiger partial charge < -0.3 is 5.11 Å². The van der Waals surface area contributed by atoms with E-state index >= 15 is 0 Å². The van der Waals surface area contributed by atoms with Crippen LogP contribution in [0.5, 0.6) is 0 Å². The molecule has 52 valence electrons.